The van der Waals surface area contributed by atoms with Crippen LogP contribution in [0.1, 0.15) is 16.2 Å². The van der Waals surface area contributed by atoms with Gasteiger partial charge in [0.2, 0.25) is 0 Å². The van der Waals surface area contributed by atoms with Gasteiger partial charge >= 0.3 is 5.97 Å². The maximum atomic E-state index is 11.8. The Kier molecular flexibility index (Phi) is 3.31. The van der Waals surface area contributed by atoms with E-state index in [-0.39, 0.29) is 12.3 Å². The molecule has 0 amide bonds. The first-order valence-electron chi connectivity index (χ1n) is 5.53. The van der Waals surface area contributed by atoms with E-state index in [4.69, 9.17) is 10.5 Å². The lowest BCUT2D eigenvalue weighted by molar-refractivity contribution is 0.0476. The molecule has 0 fully saturated rings. The molecule has 7 heteroatoms. The maximum absolute atomic E-state index is 11.8. The summed E-state index contributed by atoms with van der Waals surface area (Å²) >= 11 is 0. The summed E-state index contributed by atoms with van der Waals surface area (Å²) in [7, 11) is 1.66. The first kappa shape index (κ1) is 12.2. The third-order valence-corrected chi connectivity index (χ3v) is 2.57. The molecule has 0 aliphatic heterocycles. The Morgan fingerprint density at radius 2 is 2.33 bits per heavy atom. The highest BCUT2D eigenvalue weighted by molar-refractivity contribution is 5.93. The Hall–Kier alpha value is -2.31. The van der Waals surface area contributed by atoms with Gasteiger partial charge in [-0.3, -0.25) is 9.36 Å². The van der Waals surface area contributed by atoms with Gasteiger partial charge in [0.15, 0.2) is 5.69 Å². The van der Waals surface area contributed by atoms with E-state index in [2.05, 4.69) is 10.2 Å². The molecule has 0 unspecified atom stereocenters. The van der Waals surface area contributed by atoms with Gasteiger partial charge in [0.1, 0.15) is 6.61 Å². The zero-order chi connectivity index (χ0) is 13.1. The third-order valence-electron chi connectivity index (χ3n) is 2.57. The minimum Gasteiger partial charge on any atom is -0.459 e. The number of aromatic nitrogens is 4. The van der Waals surface area contributed by atoms with Gasteiger partial charge in [0.25, 0.3) is 0 Å². The van der Waals surface area contributed by atoms with E-state index in [1.54, 1.807) is 31.0 Å². The van der Waals surface area contributed by atoms with Crippen LogP contribution in [0.5, 0.6) is 0 Å². The topological polar surface area (TPSA) is 88.0 Å². The lowest BCUT2D eigenvalue weighted by atomic mass is 10.3. The molecule has 0 saturated heterocycles. The van der Waals surface area contributed by atoms with E-state index in [1.165, 1.54) is 4.68 Å². The number of ether oxygens (including phenoxy) is 1. The van der Waals surface area contributed by atoms with E-state index in [1.807, 2.05) is 6.07 Å². The molecule has 2 N–H and O–H groups in total. The summed E-state index contributed by atoms with van der Waals surface area (Å²) in [6, 6.07) is 1.81. The van der Waals surface area contributed by atoms with Crippen LogP contribution in [0.4, 0.5) is 5.69 Å². The van der Waals surface area contributed by atoms with Crippen molar-refractivity contribution in [1.82, 2.24) is 19.6 Å². The number of hydrogen-bond acceptors (Lipinski definition) is 5. The maximum Gasteiger partial charge on any atom is 0.358 e. The van der Waals surface area contributed by atoms with Gasteiger partial charge in [-0.1, -0.05) is 0 Å². The predicted octanol–water partition coefficient (Wildman–Crippen LogP) is 0.364. The van der Waals surface area contributed by atoms with Crippen LogP contribution in [0, 0.1) is 6.92 Å². The fourth-order valence-corrected chi connectivity index (χ4v) is 1.65. The van der Waals surface area contributed by atoms with Crippen molar-refractivity contribution >= 4 is 11.7 Å². The van der Waals surface area contributed by atoms with Gasteiger partial charge in [0, 0.05) is 19.4 Å². The number of aryl methyl sites for hydroxylation is 2. The second-order valence-electron chi connectivity index (χ2n) is 3.88. The van der Waals surface area contributed by atoms with Crippen LogP contribution in [-0.2, 0) is 18.3 Å². The second kappa shape index (κ2) is 4.91. The van der Waals surface area contributed by atoms with Crippen molar-refractivity contribution in [3.05, 3.63) is 29.8 Å². The molecule has 2 heterocycles. The lowest BCUT2D eigenvalue weighted by Gasteiger charge is -2.05. The molecule has 7 nitrogen and oxygen atoms in total. The van der Waals surface area contributed by atoms with E-state index < -0.39 is 5.97 Å². The first-order chi connectivity index (χ1) is 8.59. The van der Waals surface area contributed by atoms with Crippen molar-refractivity contribution in [3.8, 4) is 0 Å². The molecule has 96 valence electrons. The van der Waals surface area contributed by atoms with Crippen LogP contribution in [0.15, 0.2) is 18.5 Å². The Bertz CT molecular complexity index is 544. The summed E-state index contributed by atoms with van der Waals surface area (Å²) in [6.07, 6.45) is 3.47. The minimum atomic E-state index is -0.470. The molecule has 0 aliphatic carbocycles. The van der Waals surface area contributed by atoms with Gasteiger partial charge in [-0.05, 0) is 13.0 Å². The van der Waals surface area contributed by atoms with E-state index in [9.17, 15) is 4.79 Å². The van der Waals surface area contributed by atoms with Crippen molar-refractivity contribution in [3.63, 3.8) is 0 Å². The Labute approximate surface area is 104 Å². The summed E-state index contributed by atoms with van der Waals surface area (Å²) < 4.78 is 8.25. The predicted molar refractivity (Wildman–Crippen MR) is 64.9 cm³/mol. The molecule has 0 bridgehead atoms. The average Bonchev–Trinajstić information content (AvgIpc) is 2.89. The molecule has 0 aliphatic rings. The Morgan fingerprint density at radius 3 is 2.89 bits per heavy atom. The number of nitrogens with two attached hydrogens (primary N) is 1. The van der Waals surface area contributed by atoms with Crippen LogP contribution in [-0.4, -0.2) is 32.1 Å². The highest BCUT2D eigenvalue weighted by Gasteiger charge is 2.19. The molecular formula is C11H15N5O2. The van der Waals surface area contributed by atoms with Crippen molar-refractivity contribution in [2.24, 2.45) is 7.05 Å². The fraction of sp³-hybridized carbons (Fsp3) is 0.364. The molecule has 0 saturated carbocycles. The molecule has 18 heavy (non-hydrogen) atoms. The number of anilines is 1. The van der Waals surface area contributed by atoms with E-state index in [0.717, 1.165) is 0 Å². The summed E-state index contributed by atoms with van der Waals surface area (Å²) in [6.45, 7) is 2.50. The molecule has 2 rings (SSSR count). The van der Waals surface area contributed by atoms with Crippen molar-refractivity contribution < 1.29 is 9.53 Å². The Balaban J connectivity index is 1.95. The standard InChI is InChI=1S/C11H15N5O2/c1-8-9(12)10(15(2)14-8)11(17)18-7-6-16-5-3-4-13-16/h3-5H,6-7,12H2,1-2H3. The molecule has 0 spiro atoms. The molecule has 0 radical (unpaired) electrons. The van der Waals surface area contributed by atoms with Gasteiger partial charge in [-0.2, -0.15) is 10.2 Å². The molecular weight excluding hydrogens is 234 g/mol. The van der Waals surface area contributed by atoms with Gasteiger partial charge in [-0.25, -0.2) is 4.79 Å². The highest BCUT2D eigenvalue weighted by Crippen LogP contribution is 2.16. The van der Waals surface area contributed by atoms with E-state index >= 15 is 0 Å². The van der Waals surface area contributed by atoms with Gasteiger partial charge in [0.05, 0.1) is 17.9 Å². The quantitative estimate of drug-likeness (QED) is 0.790. The summed E-state index contributed by atoms with van der Waals surface area (Å²) in [5.41, 5.74) is 7.04. The van der Waals surface area contributed by atoms with Crippen molar-refractivity contribution in [1.29, 1.82) is 0 Å². The van der Waals surface area contributed by atoms with Crippen LogP contribution < -0.4 is 5.73 Å². The molecule has 2 aromatic rings. The largest absolute Gasteiger partial charge is 0.459 e. The summed E-state index contributed by atoms with van der Waals surface area (Å²) in [5, 5.41) is 8.07. The number of rotatable bonds is 4. The van der Waals surface area contributed by atoms with Crippen molar-refractivity contribution in [2.75, 3.05) is 12.3 Å². The molecule has 0 aromatic carbocycles. The highest BCUT2D eigenvalue weighted by atomic mass is 16.5. The average molecular weight is 249 g/mol. The number of nitrogens with zero attached hydrogens (tertiary/aromatic N) is 4. The third kappa shape index (κ3) is 2.34. The summed E-state index contributed by atoms with van der Waals surface area (Å²) in [5.74, 6) is -0.470. The van der Waals surface area contributed by atoms with Gasteiger partial charge < -0.3 is 10.5 Å². The smallest absolute Gasteiger partial charge is 0.358 e. The number of esters is 1. The zero-order valence-electron chi connectivity index (χ0n) is 10.3. The number of nitrogen functional groups attached to an aromatic ring is 1. The van der Waals surface area contributed by atoms with Crippen LogP contribution in [0.2, 0.25) is 0 Å². The first-order valence-corrected chi connectivity index (χ1v) is 5.53. The Morgan fingerprint density at radius 1 is 1.56 bits per heavy atom. The fourth-order valence-electron chi connectivity index (χ4n) is 1.65. The number of carbonyl (C=O) groups is 1. The zero-order valence-corrected chi connectivity index (χ0v) is 10.3. The van der Waals surface area contributed by atoms with Crippen molar-refractivity contribution in [2.45, 2.75) is 13.5 Å². The van der Waals surface area contributed by atoms with Gasteiger partial charge in [-0.15, -0.1) is 0 Å². The van der Waals surface area contributed by atoms with E-state index in [0.29, 0.717) is 17.9 Å². The number of hydrogen-bond donors (Lipinski definition) is 1. The van der Waals surface area contributed by atoms with Crippen LogP contribution in [0.3, 0.4) is 0 Å². The lowest BCUT2D eigenvalue weighted by Crippen LogP contribution is -2.16. The summed E-state index contributed by atoms with van der Waals surface area (Å²) in [4.78, 5) is 11.8. The van der Waals surface area contributed by atoms with Crippen LogP contribution in [0.25, 0.3) is 0 Å². The number of carbonyl (C=O) groups excluding carboxylic acids is 1. The normalized spacial score (nSPS) is 10.6. The second-order valence-corrected chi connectivity index (χ2v) is 3.88. The SMILES string of the molecule is Cc1nn(C)c(C(=O)OCCn2cccn2)c1N. The molecule has 2 aromatic heterocycles. The molecule has 0 atom stereocenters. The minimum absolute atomic E-state index is 0.240. The van der Waals surface area contributed by atoms with Crippen LogP contribution >= 0.6 is 0 Å². The monoisotopic (exact) mass is 249 g/mol.